The van der Waals surface area contributed by atoms with Crippen molar-refractivity contribution < 1.29 is 14.4 Å². The molecule has 1 aromatic heterocycles. The average molecular weight is 374 g/mol. The quantitative estimate of drug-likeness (QED) is 0.214. The second kappa shape index (κ2) is 11.3. The smallest absolute Gasteiger partial charge is 0.267 e. The summed E-state index contributed by atoms with van der Waals surface area (Å²) in [7, 11) is 0. The number of hydroxylamine groups is 1. The Morgan fingerprint density at radius 1 is 1.48 bits per heavy atom. The van der Waals surface area contributed by atoms with Crippen molar-refractivity contribution >= 4 is 17.8 Å². The molecule has 0 unspecified atom stereocenters. The third kappa shape index (κ3) is 7.37. The molecule has 7 heteroatoms. The predicted octanol–water partition coefficient (Wildman–Crippen LogP) is 2.81. The van der Waals surface area contributed by atoms with Gasteiger partial charge in [-0.05, 0) is 30.5 Å². The Morgan fingerprint density at radius 2 is 2.33 bits per heavy atom. The summed E-state index contributed by atoms with van der Waals surface area (Å²) in [5, 5.41) is 11.6. The Balaban J connectivity index is 1.80. The molecule has 0 bridgehead atoms. The van der Waals surface area contributed by atoms with E-state index in [0.29, 0.717) is 5.56 Å². The van der Waals surface area contributed by atoms with Crippen molar-refractivity contribution in [2.75, 3.05) is 25.0 Å². The van der Waals surface area contributed by atoms with E-state index >= 15 is 0 Å². The Hall–Kier alpha value is -2.43. The van der Waals surface area contributed by atoms with Crippen LogP contribution in [0.5, 0.6) is 0 Å². The SMILES string of the molecule is CCCCCC#CCN1CC[C@@H](Nc2ncc(C=CC(=O)NO)cc2F)C1. The minimum atomic E-state index is -0.683. The van der Waals surface area contributed by atoms with Gasteiger partial charge in [-0.3, -0.25) is 14.9 Å². The van der Waals surface area contributed by atoms with E-state index in [1.807, 2.05) is 0 Å². The summed E-state index contributed by atoms with van der Waals surface area (Å²) >= 11 is 0. The second-order valence-corrected chi connectivity index (χ2v) is 6.58. The van der Waals surface area contributed by atoms with E-state index < -0.39 is 11.7 Å². The zero-order valence-electron chi connectivity index (χ0n) is 15.7. The predicted molar refractivity (Wildman–Crippen MR) is 104 cm³/mol. The molecule has 1 aliphatic rings. The molecule has 1 amide bonds. The molecule has 2 rings (SSSR count). The van der Waals surface area contributed by atoms with Crippen molar-refractivity contribution in [3.8, 4) is 11.8 Å². The number of nitrogens with one attached hydrogen (secondary N) is 2. The van der Waals surface area contributed by atoms with E-state index in [9.17, 15) is 9.18 Å². The van der Waals surface area contributed by atoms with Gasteiger partial charge in [0.1, 0.15) is 0 Å². The molecule has 6 nitrogen and oxygen atoms in total. The summed E-state index contributed by atoms with van der Waals surface area (Å²) in [4.78, 5) is 17.3. The summed E-state index contributed by atoms with van der Waals surface area (Å²) < 4.78 is 14.2. The fraction of sp³-hybridized carbons (Fsp3) is 0.500. The summed E-state index contributed by atoms with van der Waals surface area (Å²) in [5.74, 6) is 5.48. The van der Waals surface area contributed by atoms with Crippen LogP contribution in [0.15, 0.2) is 18.3 Å². The third-order valence-electron chi connectivity index (χ3n) is 4.35. The number of nitrogens with zero attached hydrogens (tertiary/aromatic N) is 2. The number of anilines is 1. The van der Waals surface area contributed by atoms with Gasteiger partial charge in [-0.1, -0.05) is 25.7 Å². The standard InChI is InChI=1S/C20H27FN4O2/c1-2-3-4-5-6-7-11-25-12-10-17(15-25)23-20-18(21)13-16(14-22-20)8-9-19(26)24-27/h8-9,13-14,17,27H,2-5,10-12,15H2,1H3,(H,22,23)(H,24,26)/t17-/m1/s1. The molecule has 2 heterocycles. The van der Waals surface area contributed by atoms with Crippen LogP contribution in [0.3, 0.4) is 0 Å². The monoisotopic (exact) mass is 374 g/mol. The van der Waals surface area contributed by atoms with Crippen molar-refractivity contribution in [1.82, 2.24) is 15.4 Å². The van der Waals surface area contributed by atoms with Gasteiger partial charge in [0.25, 0.3) is 5.91 Å². The van der Waals surface area contributed by atoms with E-state index in [2.05, 4.69) is 34.0 Å². The molecule has 0 aromatic carbocycles. The van der Waals surface area contributed by atoms with Crippen LogP contribution in [0.2, 0.25) is 0 Å². The first kappa shape index (κ1) is 20.9. The van der Waals surface area contributed by atoms with Crippen molar-refractivity contribution in [3.63, 3.8) is 0 Å². The lowest BCUT2D eigenvalue weighted by atomic mass is 10.2. The fourth-order valence-electron chi connectivity index (χ4n) is 2.87. The van der Waals surface area contributed by atoms with Gasteiger partial charge < -0.3 is 5.32 Å². The van der Waals surface area contributed by atoms with Crippen LogP contribution in [0.1, 0.15) is 44.6 Å². The number of rotatable bonds is 8. The number of aromatic nitrogens is 1. The van der Waals surface area contributed by atoms with Gasteiger partial charge in [0.2, 0.25) is 0 Å². The summed E-state index contributed by atoms with van der Waals surface area (Å²) in [6.45, 7) is 4.67. The lowest BCUT2D eigenvalue weighted by Crippen LogP contribution is -2.27. The molecule has 0 spiro atoms. The third-order valence-corrected chi connectivity index (χ3v) is 4.35. The molecular formula is C20H27FN4O2. The molecule has 1 aliphatic heterocycles. The highest BCUT2D eigenvalue weighted by atomic mass is 19.1. The number of halogens is 1. The van der Waals surface area contributed by atoms with Crippen molar-refractivity contribution in [1.29, 1.82) is 0 Å². The van der Waals surface area contributed by atoms with E-state index in [0.717, 1.165) is 45.0 Å². The topological polar surface area (TPSA) is 77.5 Å². The fourth-order valence-corrected chi connectivity index (χ4v) is 2.87. The Bertz CT molecular complexity index is 712. The van der Waals surface area contributed by atoms with Crippen LogP contribution in [0.4, 0.5) is 10.2 Å². The van der Waals surface area contributed by atoms with Gasteiger partial charge in [0, 0.05) is 37.8 Å². The minimum absolute atomic E-state index is 0.135. The highest BCUT2D eigenvalue weighted by Crippen LogP contribution is 2.18. The molecule has 1 saturated heterocycles. The van der Waals surface area contributed by atoms with Gasteiger partial charge in [-0.2, -0.15) is 0 Å². The van der Waals surface area contributed by atoms with E-state index in [-0.39, 0.29) is 11.9 Å². The first-order valence-electron chi connectivity index (χ1n) is 9.34. The Labute approximate surface area is 159 Å². The number of likely N-dealkylation sites (tertiary alicyclic amines) is 1. The highest BCUT2D eigenvalue weighted by Gasteiger charge is 2.22. The van der Waals surface area contributed by atoms with Crippen LogP contribution < -0.4 is 10.8 Å². The number of hydrogen-bond donors (Lipinski definition) is 3. The highest BCUT2D eigenvalue weighted by molar-refractivity contribution is 5.90. The maximum atomic E-state index is 14.2. The molecular weight excluding hydrogens is 347 g/mol. The molecule has 0 saturated carbocycles. The summed E-state index contributed by atoms with van der Waals surface area (Å²) in [6, 6.07) is 1.43. The van der Waals surface area contributed by atoms with Crippen molar-refractivity contribution in [3.05, 3.63) is 29.7 Å². The molecule has 1 aromatic rings. The van der Waals surface area contributed by atoms with Gasteiger partial charge in [0.05, 0.1) is 6.54 Å². The normalized spacial score (nSPS) is 16.9. The summed E-state index contributed by atoms with van der Waals surface area (Å²) in [5.41, 5.74) is 1.91. The second-order valence-electron chi connectivity index (χ2n) is 6.58. The molecule has 146 valence electrons. The van der Waals surface area contributed by atoms with Crippen LogP contribution in [0, 0.1) is 17.7 Å². The van der Waals surface area contributed by atoms with Crippen LogP contribution in [-0.2, 0) is 4.79 Å². The Morgan fingerprint density at radius 3 is 3.07 bits per heavy atom. The lowest BCUT2D eigenvalue weighted by molar-refractivity contribution is -0.124. The minimum Gasteiger partial charge on any atom is -0.364 e. The van der Waals surface area contributed by atoms with E-state index in [1.54, 1.807) is 0 Å². The molecule has 27 heavy (non-hydrogen) atoms. The first-order chi connectivity index (χ1) is 13.1. The number of amides is 1. The van der Waals surface area contributed by atoms with Crippen LogP contribution in [-0.4, -0.2) is 46.7 Å². The number of carbonyl (C=O) groups is 1. The molecule has 3 N–H and O–H groups in total. The number of pyridine rings is 1. The zero-order valence-corrected chi connectivity index (χ0v) is 15.7. The van der Waals surface area contributed by atoms with Crippen LogP contribution in [0.25, 0.3) is 6.08 Å². The van der Waals surface area contributed by atoms with Crippen molar-refractivity contribution in [2.45, 2.75) is 45.1 Å². The molecule has 1 atom stereocenters. The molecule has 0 aliphatic carbocycles. The number of hydrogen-bond acceptors (Lipinski definition) is 5. The molecule has 0 radical (unpaired) electrons. The lowest BCUT2D eigenvalue weighted by Gasteiger charge is -2.15. The molecule has 1 fully saturated rings. The van der Waals surface area contributed by atoms with E-state index in [1.165, 1.54) is 36.7 Å². The van der Waals surface area contributed by atoms with E-state index in [4.69, 9.17) is 5.21 Å². The maximum absolute atomic E-state index is 14.2. The van der Waals surface area contributed by atoms with Crippen molar-refractivity contribution in [2.24, 2.45) is 0 Å². The maximum Gasteiger partial charge on any atom is 0.267 e. The van der Waals surface area contributed by atoms with Gasteiger partial charge in [-0.25, -0.2) is 14.9 Å². The van der Waals surface area contributed by atoms with Gasteiger partial charge in [0.15, 0.2) is 11.6 Å². The van der Waals surface area contributed by atoms with Gasteiger partial charge >= 0.3 is 0 Å². The summed E-state index contributed by atoms with van der Waals surface area (Å²) in [6.07, 6.45) is 9.42. The zero-order chi connectivity index (χ0) is 19.5. The first-order valence-corrected chi connectivity index (χ1v) is 9.34. The van der Waals surface area contributed by atoms with Crippen LogP contribution >= 0.6 is 0 Å². The van der Waals surface area contributed by atoms with Gasteiger partial charge in [-0.15, -0.1) is 5.92 Å². The number of carbonyl (C=O) groups excluding carboxylic acids is 1. The number of unbranched alkanes of at least 4 members (excludes halogenated alkanes) is 3. The Kier molecular flexibility index (Phi) is 8.75. The largest absolute Gasteiger partial charge is 0.364 e. The average Bonchev–Trinajstić information content (AvgIpc) is 3.12.